The number of primary amides is 2. The van der Waals surface area contributed by atoms with Gasteiger partial charge in [0.05, 0.1) is 0 Å². The number of hydrogen-bond donors (Lipinski definition) is 4. The first kappa shape index (κ1) is 15.7. The normalized spacial score (nSPS) is 9.13. The molecule has 0 aromatic heterocycles. The van der Waals surface area contributed by atoms with E-state index in [1.807, 2.05) is 0 Å². The first-order valence-corrected chi connectivity index (χ1v) is 5.17. The van der Waals surface area contributed by atoms with Crippen LogP contribution in [0.15, 0.2) is 4.36 Å². The van der Waals surface area contributed by atoms with Crippen LogP contribution in [0.25, 0.3) is 0 Å². The molecule has 0 unspecified atom stereocenters. The van der Waals surface area contributed by atoms with E-state index in [4.69, 9.17) is 4.55 Å². The van der Waals surface area contributed by atoms with Crippen molar-refractivity contribution >= 4 is 32.9 Å². The topological polar surface area (TPSA) is 199 Å². The molecule has 0 aromatic rings. The molecule has 0 fully saturated rings. The van der Waals surface area contributed by atoms with Crippen LogP contribution in [0, 0.1) is 0 Å². The van der Waals surface area contributed by atoms with Gasteiger partial charge >= 0.3 is 32.9 Å². The van der Waals surface area contributed by atoms with Gasteiger partial charge in [0.2, 0.25) is 0 Å². The minimum Gasteiger partial charge on any atom is -0.351 e. The lowest BCUT2D eigenvalue weighted by atomic mass is 11.2. The SMILES string of the molecule is NC(=O)N=S(=O)=O.NC(=O)NS(=O)(=O)O. The first-order chi connectivity index (χ1) is 6.54. The Hall–Kier alpha value is -1.73. The maximum absolute atomic E-state index is 9.59. The standard InChI is InChI=1S/CH4N2O4S.CH2N2O3S/c2-1(4)3-8(5,6)7;2-1(4)3-7(5)6/h(H3,2,3,4)(H,5,6,7);(H2,2,4). The second kappa shape index (κ2) is 6.68. The molecule has 11 nitrogen and oxygen atoms in total. The van der Waals surface area contributed by atoms with Crippen LogP contribution in [0.1, 0.15) is 0 Å². The van der Waals surface area contributed by atoms with Crippen LogP contribution < -0.4 is 16.2 Å². The monoisotopic (exact) mass is 262 g/mol. The molecule has 0 saturated heterocycles. The predicted molar refractivity (Wildman–Crippen MR) is 45.2 cm³/mol. The molecule has 0 heterocycles. The van der Waals surface area contributed by atoms with Gasteiger partial charge in [0.15, 0.2) is 0 Å². The highest BCUT2D eigenvalue weighted by molar-refractivity contribution is 7.84. The molecule has 0 aromatic carbocycles. The lowest BCUT2D eigenvalue weighted by Gasteiger charge is -1.91. The smallest absolute Gasteiger partial charge is 0.351 e. The number of nitrogens with zero attached hydrogens (tertiary/aromatic N) is 1. The molecule has 6 N–H and O–H groups in total. The molecule has 4 amide bonds. The summed E-state index contributed by atoms with van der Waals surface area (Å²) in [5.74, 6) is 0. The molecule has 0 aliphatic heterocycles. The van der Waals surface area contributed by atoms with Crippen LogP contribution in [-0.4, -0.2) is 33.5 Å². The number of amides is 4. The molecule has 0 rings (SSSR count). The van der Waals surface area contributed by atoms with Crippen LogP contribution in [0.4, 0.5) is 9.59 Å². The zero-order chi connectivity index (χ0) is 12.6. The van der Waals surface area contributed by atoms with E-state index in [1.54, 1.807) is 0 Å². The van der Waals surface area contributed by atoms with Crippen molar-refractivity contribution in [3.63, 3.8) is 0 Å². The maximum atomic E-state index is 9.59. The lowest BCUT2D eigenvalue weighted by Crippen LogP contribution is -2.34. The Morgan fingerprint density at radius 3 is 1.67 bits per heavy atom. The summed E-state index contributed by atoms with van der Waals surface area (Å²) in [6, 6.07) is -2.51. The van der Waals surface area contributed by atoms with Crippen LogP contribution in [-0.2, 0) is 20.8 Å². The van der Waals surface area contributed by atoms with Crippen molar-refractivity contribution in [2.75, 3.05) is 0 Å². The van der Waals surface area contributed by atoms with E-state index in [-0.39, 0.29) is 0 Å². The van der Waals surface area contributed by atoms with E-state index in [1.165, 1.54) is 0 Å². The van der Waals surface area contributed by atoms with E-state index in [2.05, 4.69) is 15.8 Å². The molecule has 0 saturated carbocycles. The molecule has 0 radical (unpaired) electrons. The van der Waals surface area contributed by atoms with Crippen LogP contribution in [0.5, 0.6) is 0 Å². The Kier molecular flexibility index (Phi) is 7.01. The molecule has 13 heteroatoms. The summed E-state index contributed by atoms with van der Waals surface area (Å²) in [5.41, 5.74) is 8.58. The molecule has 15 heavy (non-hydrogen) atoms. The molecule has 0 bridgehead atoms. The third-order valence-electron chi connectivity index (χ3n) is 0.394. The fraction of sp³-hybridized carbons (Fsp3) is 0. The number of rotatable bonds is 1. The molecule has 0 aliphatic rings. The fourth-order valence-electron chi connectivity index (χ4n) is 0.201. The molecular formula is C2H6N4O7S2. The van der Waals surface area contributed by atoms with Crippen LogP contribution in [0.2, 0.25) is 0 Å². The average molecular weight is 262 g/mol. The van der Waals surface area contributed by atoms with E-state index in [0.29, 0.717) is 0 Å². The summed E-state index contributed by atoms with van der Waals surface area (Å²) in [6.45, 7) is 0. The van der Waals surface area contributed by atoms with Gasteiger partial charge in [-0.2, -0.15) is 16.8 Å². The van der Waals surface area contributed by atoms with Crippen LogP contribution in [0.3, 0.4) is 0 Å². The van der Waals surface area contributed by atoms with E-state index < -0.39 is 32.9 Å². The van der Waals surface area contributed by atoms with Gasteiger partial charge in [-0.25, -0.2) is 14.3 Å². The Morgan fingerprint density at radius 1 is 1.27 bits per heavy atom. The highest BCUT2D eigenvalue weighted by atomic mass is 32.2. The molecule has 88 valence electrons. The number of urea groups is 2. The summed E-state index contributed by atoms with van der Waals surface area (Å²) < 4.78 is 49.0. The number of nitrogens with one attached hydrogen (secondary N) is 1. The summed E-state index contributed by atoms with van der Waals surface area (Å²) in [7, 11) is -7.14. The van der Waals surface area contributed by atoms with Crippen molar-refractivity contribution in [2.24, 2.45) is 15.8 Å². The summed E-state index contributed by atoms with van der Waals surface area (Å²) >= 11 is 0. The van der Waals surface area contributed by atoms with Gasteiger partial charge in [0.25, 0.3) is 0 Å². The number of carbonyl (C=O) groups excluding carboxylic acids is 2. The number of hydrogen-bond acceptors (Lipinski definition) is 6. The first-order valence-electron chi connectivity index (χ1n) is 2.70. The Labute approximate surface area is 85.0 Å². The zero-order valence-electron chi connectivity index (χ0n) is 6.82. The Morgan fingerprint density at radius 2 is 1.67 bits per heavy atom. The van der Waals surface area contributed by atoms with Gasteiger partial charge in [0.1, 0.15) is 0 Å². The van der Waals surface area contributed by atoms with E-state index in [0.717, 1.165) is 4.72 Å². The molecule has 0 atom stereocenters. The van der Waals surface area contributed by atoms with Crippen molar-refractivity contribution < 1.29 is 31.0 Å². The van der Waals surface area contributed by atoms with Gasteiger partial charge in [-0.05, 0) is 0 Å². The minimum absolute atomic E-state index is 1.05. The average Bonchev–Trinajstić information content (AvgIpc) is 1.76. The summed E-state index contributed by atoms with van der Waals surface area (Å²) in [6.07, 6.45) is 0. The second-order valence-corrected chi connectivity index (χ2v) is 3.36. The van der Waals surface area contributed by atoms with Gasteiger partial charge in [-0.1, -0.05) is 4.36 Å². The second-order valence-electron chi connectivity index (χ2n) is 1.59. The molecular weight excluding hydrogens is 256 g/mol. The lowest BCUT2D eigenvalue weighted by molar-refractivity contribution is 0.252. The number of carbonyl (C=O) groups is 2. The quantitative estimate of drug-likeness (QED) is 0.376. The minimum atomic E-state index is -4.45. The Bertz CT molecular complexity index is 451. The molecule has 0 spiro atoms. The maximum Gasteiger partial charge on any atom is 0.361 e. The predicted octanol–water partition coefficient (Wildman–Crippen LogP) is -2.41. The van der Waals surface area contributed by atoms with E-state index in [9.17, 15) is 26.4 Å². The third kappa shape index (κ3) is 24.5. The highest BCUT2D eigenvalue weighted by Crippen LogP contribution is 1.67. The zero-order valence-corrected chi connectivity index (χ0v) is 8.45. The number of nitrogens with two attached hydrogens (primary N) is 2. The summed E-state index contributed by atoms with van der Waals surface area (Å²) in [5, 5.41) is 0. The third-order valence-corrected chi connectivity index (χ3v) is 1.18. The van der Waals surface area contributed by atoms with Crippen LogP contribution >= 0.6 is 0 Å². The molecule has 0 aliphatic carbocycles. The van der Waals surface area contributed by atoms with Gasteiger partial charge in [-0.3, -0.25) is 4.55 Å². The Balaban J connectivity index is 0. The van der Waals surface area contributed by atoms with E-state index >= 15 is 0 Å². The largest absolute Gasteiger partial charge is 0.361 e. The van der Waals surface area contributed by atoms with Crippen molar-refractivity contribution in [1.29, 1.82) is 0 Å². The van der Waals surface area contributed by atoms with Crippen molar-refractivity contribution in [3.8, 4) is 0 Å². The van der Waals surface area contributed by atoms with Gasteiger partial charge in [0, 0.05) is 0 Å². The van der Waals surface area contributed by atoms with Gasteiger partial charge in [-0.15, -0.1) is 0 Å². The van der Waals surface area contributed by atoms with Crippen molar-refractivity contribution in [2.45, 2.75) is 0 Å². The highest BCUT2D eigenvalue weighted by Gasteiger charge is 2.03. The fourth-order valence-corrected chi connectivity index (χ4v) is 0.602. The van der Waals surface area contributed by atoms with Crippen molar-refractivity contribution in [1.82, 2.24) is 4.72 Å². The van der Waals surface area contributed by atoms with Gasteiger partial charge < -0.3 is 11.5 Å². The van der Waals surface area contributed by atoms with Crippen molar-refractivity contribution in [3.05, 3.63) is 0 Å². The summed E-state index contributed by atoms with van der Waals surface area (Å²) in [4.78, 5) is 19.1.